The van der Waals surface area contributed by atoms with Crippen molar-refractivity contribution in [1.29, 1.82) is 0 Å². The standard InChI is InChI=1S/C21H32F3N5O2.HI/c1-4-14(5-2)17(29-8-10-31-11-9-29)12-26-21(25-3)27-13-18(30)28-16-7-6-15(22)19(23)20(16)24;/h6-7,14,17H,4-5,8-13H2,1-3H3,(H,28,30)(H2,25,26,27);1H. The molecule has 1 aromatic carbocycles. The number of halogens is 4. The fourth-order valence-corrected chi connectivity index (χ4v) is 3.74. The maximum atomic E-state index is 13.7. The third-order valence-corrected chi connectivity index (χ3v) is 5.54. The van der Waals surface area contributed by atoms with Gasteiger partial charge in [-0.3, -0.25) is 14.7 Å². The van der Waals surface area contributed by atoms with E-state index in [9.17, 15) is 18.0 Å². The van der Waals surface area contributed by atoms with Crippen molar-refractivity contribution in [2.75, 3.05) is 51.8 Å². The van der Waals surface area contributed by atoms with Gasteiger partial charge in [0.15, 0.2) is 23.4 Å². The fraction of sp³-hybridized carbons (Fsp3) is 0.619. The molecule has 11 heteroatoms. The van der Waals surface area contributed by atoms with E-state index in [1.807, 2.05) is 0 Å². The number of carbonyl (C=O) groups excluding carboxylic acids is 1. The number of aliphatic imine (C=N–C) groups is 1. The Labute approximate surface area is 204 Å². The first-order chi connectivity index (χ1) is 14.9. The van der Waals surface area contributed by atoms with Crippen molar-refractivity contribution in [1.82, 2.24) is 15.5 Å². The average Bonchev–Trinajstić information content (AvgIpc) is 2.79. The summed E-state index contributed by atoms with van der Waals surface area (Å²) in [4.78, 5) is 18.6. The molecule has 1 saturated heterocycles. The van der Waals surface area contributed by atoms with Gasteiger partial charge < -0.3 is 20.7 Å². The molecule has 0 bridgehead atoms. The Bertz CT molecular complexity index is 759. The molecule has 182 valence electrons. The van der Waals surface area contributed by atoms with Crippen LogP contribution in [0.25, 0.3) is 0 Å². The summed E-state index contributed by atoms with van der Waals surface area (Å²) in [7, 11) is 1.59. The number of amides is 1. The van der Waals surface area contributed by atoms with Gasteiger partial charge in [-0.2, -0.15) is 0 Å². The second-order valence-corrected chi connectivity index (χ2v) is 7.37. The zero-order chi connectivity index (χ0) is 22.8. The number of nitrogens with zero attached hydrogens (tertiary/aromatic N) is 2. The van der Waals surface area contributed by atoms with Gasteiger partial charge in [-0.15, -0.1) is 24.0 Å². The molecule has 1 aromatic rings. The van der Waals surface area contributed by atoms with Crippen LogP contribution in [-0.4, -0.2) is 69.2 Å². The average molecular weight is 571 g/mol. The molecule has 0 spiro atoms. The number of guanidine groups is 1. The summed E-state index contributed by atoms with van der Waals surface area (Å²) in [5.74, 6) is -4.07. The Morgan fingerprint density at radius 3 is 2.38 bits per heavy atom. The molecule has 32 heavy (non-hydrogen) atoms. The second-order valence-electron chi connectivity index (χ2n) is 7.37. The van der Waals surface area contributed by atoms with Gasteiger partial charge in [-0.05, 0) is 18.1 Å². The van der Waals surface area contributed by atoms with Gasteiger partial charge in [-0.25, -0.2) is 13.2 Å². The predicted octanol–water partition coefficient (Wildman–Crippen LogP) is 2.96. The van der Waals surface area contributed by atoms with Crippen molar-refractivity contribution in [2.24, 2.45) is 10.9 Å². The van der Waals surface area contributed by atoms with Gasteiger partial charge in [0.05, 0.1) is 25.4 Å². The molecule has 2 rings (SSSR count). The number of anilines is 1. The molecule has 0 saturated carbocycles. The summed E-state index contributed by atoms with van der Waals surface area (Å²) < 4.78 is 45.5. The molecule has 1 aliphatic rings. The van der Waals surface area contributed by atoms with Crippen LogP contribution in [0.5, 0.6) is 0 Å². The second kappa shape index (κ2) is 14.5. The van der Waals surface area contributed by atoms with Crippen molar-refractivity contribution in [3.05, 3.63) is 29.6 Å². The quantitative estimate of drug-likeness (QED) is 0.184. The topological polar surface area (TPSA) is 78.0 Å². The van der Waals surface area contributed by atoms with E-state index in [4.69, 9.17) is 4.74 Å². The number of ether oxygens (including phenoxy) is 1. The third kappa shape index (κ3) is 8.07. The highest BCUT2D eigenvalue weighted by atomic mass is 127. The summed E-state index contributed by atoms with van der Waals surface area (Å²) in [5, 5.41) is 8.34. The van der Waals surface area contributed by atoms with Crippen LogP contribution in [-0.2, 0) is 9.53 Å². The van der Waals surface area contributed by atoms with Crippen molar-refractivity contribution in [2.45, 2.75) is 32.7 Å². The van der Waals surface area contributed by atoms with Gasteiger partial charge in [0.25, 0.3) is 0 Å². The van der Waals surface area contributed by atoms with Gasteiger partial charge >= 0.3 is 0 Å². The number of morpholine rings is 1. The lowest BCUT2D eigenvalue weighted by Gasteiger charge is -2.39. The maximum absolute atomic E-state index is 13.7. The number of rotatable bonds is 9. The minimum absolute atomic E-state index is 0. The van der Waals surface area contributed by atoms with E-state index in [1.165, 1.54) is 0 Å². The lowest BCUT2D eigenvalue weighted by molar-refractivity contribution is -0.115. The van der Waals surface area contributed by atoms with E-state index in [0.29, 0.717) is 37.7 Å². The number of nitrogens with one attached hydrogen (secondary N) is 3. The largest absolute Gasteiger partial charge is 0.379 e. The van der Waals surface area contributed by atoms with Crippen LogP contribution >= 0.6 is 24.0 Å². The first kappa shape index (κ1) is 28.4. The van der Waals surface area contributed by atoms with Crippen LogP contribution < -0.4 is 16.0 Å². The van der Waals surface area contributed by atoms with Crippen LogP contribution in [0.1, 0.15) is 26.7 Å². The number of carbonyl (C=O) groups is 1. The molecule has 1 fully saturated rings. The van der Waals surface area contributed by atoms with Gasteiger partial charge in [-0.1, -0.05) is 26.7 Å². The van der Waals surface area contributed by atoms with Crippen molar-refractivity contribution in [3.8, 4) is 0 Å². The number of hydrogen-bond acceptors (Lipinski definition) is 4. The van der Waals surface area contributed by atoms with Crippen LogP contribution in [0.2, 0.25) is 0 Å². The summed E-state index contributed by atoms with van der Waals surface area (Å²) >= 11 is 0. The van der Waals surface area contributed by atoms with Crippen LogP contribution in [0.15, 0.2) is 17.1 Å². The van der Waals surface area contributed by atoms with Crippen molar-refractivity contribution in [3.63, 3.8) is 0 Å². The molecular formula is C21H33F3IN5O2. The Balaban J connectivity index is 0.00000512. The Kier molecular flexibility index (Phi) is 12.9. The van der Waals surface area contributed by atoms with Crippen LogP contribution in [0, 0.1) is 23.4 Å². The summed E-state index contributed by atoms with van der Waals surface area (Å²) in [6.07, 6.45) is 2.10. The van der Waals surface area contributed by atoms with E-state index in [0.717, 1.165) is 38.1 Å². The highest BCUT2D eigenvalue weighted by molar-refractivity contribution is 14.0. The van der Waals surface area contributed by atoms with E-state index in [1.54, 1.807) is 7.05 Å². The molecule has 1 unspecified atom stereocenters. The van der Waals surface area contributed by atoms with Gasteiger partial charge in [0, 0.05) is 32.7 Å². The molecule has 1 heterocycles. The minimum atomic E-state index is -1.63. The van der Waals surface area contributed by atoms with E-state index < -0.39 is 29.0 Å². The molecule has 3 N–H and O–H groups in total. The molecule has 1 aliphatic heterocycles. The zero-order valence-corrected chi connectivity index (χ0v) is 21.0. The highest BCUT2D eigenvalue weighted by Gasteiger charge is 2.27. The highest BCUT2D eigenvalue weighted by Crippen LogP contribution is 2.20. The fourth-order valence-electron chi connectivity index (χ4n) is 3.74. The first-order valence-corrected chi connectivity index (χ1v) is 10.6. The minimum Gasteiger partial charge on any atom is -0.379 e. The van der Waals surface area contributed by atoms with Crippen molar-refractivity contribution < 1.29 is 22.7 Å². The third-order valence-electron chi connectivity index (χ3n) is 5.54. The van der Waals surface area contributed by atoms with Gasteiger partial charge in [0.2, 0.25) is 5.91 Å². The summed E-state index contributed by atoms with van der Waals surface area (Å²) in [6.45, 7) is 7.95. The SMILES string of the molecule is CCC(CC)C(CNC(=NC)NCC(=O)Nc1ccc(F)c(F)c1F)N1CCOCC1.I. The lowest BCUT2D eigenvalue weighted by Crippen LogP contribution is -2.53. The predicted molar refractivity (Wildman–Crippen MR) is 130 cm³/mol. The maximum Gasteiger partial charge on any atom is 0.243 e. The molecule has 7 nitrogen and oxygen atoms in total. The van der Waals surface area contributed by atoms with E-state index in [-0.39, 0.29) is 30.5 Å². The number of hydrogen-bond donors (Lipinski definition) is 3. The van der Waals surface area contributed by atoms with E-state index >= 15 is 0 Å². The Hall–Kier alpha value is -1.60. The lowest BCUT2D eigenvalue weighted by atomic mass is 9.92. The zero-order valence-electron chi connectivity index (χ0n) is 18.7. The van der Waals surface area contributed by atoms with Crippen LogP contribution in [0.4, 0.5) is 18.9 Å². The smallest absolute Gasteiger partial charge is 0.243 e. The molecule has 1 atom stereocenters. The monoisotopic (exact) mass is 571 g/mol. The Morgan fingerprint density at radius 1 is 1.12 bits per heavy atom. The van der Waals surface area contributed by atoms with E-state index in [2.05, 4.69) is 39.7 Å². The van der Waals surface area contributed by atoms with Crippen LogP contribution in [0.3, 0.4) is 0 Å². The molecule has 0 aromatic heterocycles. The Morgan fingerprint density at radius 2 is 1.78 bits per heavy atom. The molecule has 1 amide bonds. The molecule has 0 radical (unpaired) electrons. The molecule has 0 aliphatic carbocycles. The summed E-state index contributed by atoms with van der Waals surface area (Å²) in [6, 6.07) is 2.02. The number of benzene rings is 1. The first-order valence-electron chi connectivity index (χ1n) is 10.6. The summed E-state index contributed by atoms with van der Waals surface area (Å²) in [5.41, 5.74) is -0.422. The molecular weight excluding hydrogens is 538 g/mol. The normalized spacial score (nSPS) is 15.8. The van der Waals surface area contributed by atoms with Gasteiger partial charge in [0.1, 0.15) is 0 Å². The van der Waals surface area contributed by atoms with Crippen molar-refractivity contribution >= 4 is 41.5 Å².